The van der Waals surface area contributed by atoms with Gasteiger partial charge < -0.3 is 5.21 Å². The van der Waals surface area contributed by atoms with Crippen LogP contribution in [0.3, 0.4) is 0 Å². The van der Waals surface area contributed by atoms with Crippen LogP contribution in [0.25, 0.3) is 11.0 Å². The van der Waals surface area contributed by atoms with Crippen molar-refractivity contribution >= 4 is 28.4 Å². The average molecular weight is 310 g/mol. The molecule has 1 aromatic carbocycles. The molecule has 0 aliphatic heterocycles. The molecule has 8 nitrogen and oxygen atoms in total. The molecule has 0 aliphatic carbocycles. The quantitative estimate of drug-likeness (QED) is 0.296. The summed E-state index contributed by atoms with van der Waals surface area (Å²) in [5.74, 6) is 0.326. The Morgan fingerprint density at radius 3 is 2.65 bits per heavy atom. The number of fused-ring (bicyclic) bond motifs is 1. The number of hydroxylamine groups is 1. The third-order valence-electron chi connectivity index (χ3n) is 3.27. The molecule has 0 saturated heterocycles. The number of oxime groups is 1. The van der Waals surface area contributed by atoms with Gasteiger partial charge in [-0.05, 0) is 12.1 Å². The fraction of sp³-hybridized carbons (Fsp3) is 0.0667. The maximum absolute atomic E-state index is 9.41. The van der Waals surface area contributed by atoms with E-state index in [1.54, 1.807) is 48.3 Å². The van der Waals surface area contributed by atoms with Gasteiger partial charge in [0.25, 0.3) is 0 Å². The highest BCUT2D eigenvalue weighted by Gasteiger charge is 2.15. The molecule has 0 fully saturated rings. The second-order valence-corrected chi connectivity index (χ2v) is 4.71. The van der Waals surface area contributed by atoms with Crippen molar-refractivity contribution in [3.63, 3.8) is 0 Å². The summed E-state index contributed by atoms with van der Waals surface area (Å²) in [4.78, 5) is 8.49. The number of aliphatic imine (C=N–C) groups is 1. The lowest BCUT2D eigenvalue weighted by molar-refractivity contribution is 0.236. The molecule has 0 atom stereocenters. The van der Waals surface area contributed by atoms with Crippen LogP contribution in [0.1, 0.15) is 5.56 Å². The first kappa shape index (κ1) is 14.7. The van der Waals surface area contributed by atoms with Crippen LogP contribution < -0.4 is 5.48 Å². The summed E-state index contributed by atoms with van der Waals surface area (Å²) in [6.45, 7) is 0. The van der Waals surface area contributed by atoms with Crippen molar-refractivity contribution in [2.45, 2.75) is 0 Å². The van der Waals surface area contributed by atoms with Crippen molar-refractivity contribution in [2.75, 3.05) is 0 Å². The van der Waals surface area contributed by atoms with Crippen LogP contribution in [0.2, 0.25) is 0 Å². The highest BCUT2D eigenvalue weighted by Crippen LogP contribution is 2.23. The molecule has 0 unspecified atom stereocenters. The van der Waals surface area contributed by atoms with E-state index >= 15 is 0 Å². The van der Waals surface area contributed by atoms with Gasteiger partial charge in [0.05, 0.1) is 5.39 Å². The van der Waals surface area contributed by atoms with Crippen molar-refractivity contribution in [2.24, 2.45) is 17.2 Å². The molecule has 116 valence electrons. The van der Waals surface area contributed by atoms with Crippen LogP contribution in [0.4, 0.5) is 5.82 Å². The molecule has 8 heteroatoms. The molecular weight excluding hydrogens is 296 g/mol. The molecule has 2 aromatic heterocycles. The van der Waals surface area contributed by atoms with E-state index in [0.29, 0.717) is 22.4 Å². The number of aryl methyl sites for hydroxylation is 1. The van der Waals surface area contributed by atoms with Crippen molar-refractivity contribution in [3.8, 4) is 0 Å². The predicted molar refractivity (Wildman–Crippen MR) is 85.3 cm³/mol. The van der Waals surface area contributed by atoms with Gasteiger partial charge in [-0.3, -0.25) is 10.7 Å². The van der Waals surface area contributed by atoms with Crippen molar-refractivity contribution in [3.05, 3.63) is 54.2 Å². The molecule has 3 N–H and O–H groups in total. The Balaban J connectivity index is 2.11. The fourth-order valence-corrected chi connectivity index (χ4v) is 2.23. The van der Waals surface area contributed by atoms with Gasteiger partial charge in [-0.15, -0.1) is 0 Å². The van der Waals surface area contributed by atoms with E-state index in [-0.39, 0.29) is 11.5 Å². The first-order valence-electron chi connectivity index (χ1n) is 6.79. The van der Waals surface area contributed by atoms with Crippen molar-refractivity contribution in [1.29, 1.82) is 0 Å². The van der Waals surface area contributed by atoms with Crippen LogP contribution in [-0.2, 0) is 7.05 Å². The number of nitrogens with one attached hydrogen (secondary N) is 1. The summed E-state index contributed by atoms with van der Waals surface area (Å²) in [7, 11) is 1.75. The normalized spacial score (nSPS) is 12.6. The Hall–Kier alpha value is -3.26. The van der Waals surface area contributed by atoms with Gasteiger partial charge in [-0.2, -0.15) is 5.10 Å². The number of hydrogen-bond donors (Lipinski definition) is 3. The van der Waals surface area contributed by atoms with Crippen LogP contribution in [0, 0.1) is 0 Å². The Bertz CT molecular complexity index is 885. The number of benzene rings is 1. The first-order valence-corrected chi connectivity index (χ1v) is 6.79. The molecule has 2 heterocycles. The molecule has 0 bridgehead atoms. The fourth-order valence-electron chi connectivity index (χ4n) is 2.23. The summed E-state index contributed by atoms with van der Waals surface area (Å²) in [6, 6.07) is 12.5. The molecule has 0 spiro atoms. The van der Waals surface area contributed by atoms with E-state index in [4.69, 9.17) is 0 Å². The lowest BCUT2D eigenvalue weighted by Gasteiger charge is -2.06. The zero-order valence-electron chi connectivity index (χ0n) is 12.2. The Kier molecular flexibility index (Phi) is 3.98. The third-order valence-corrected chi connectivity index (χ3v) is 3.27. The Labute approximate surface area is 131 Å². The molecule has 0 saturated carbocycles. The van der Waals surface area contributed by atoms with E-state index in [9.17, 15) is 10.4 Å². The standard InChI is InChI=1S/C15H14N6O2/c1-21-15-11(8-5-9-16-15)13(18-21)17-14(20-23)12(19-22)10-6-3-2-4-7-10/h2-9,22-23H,1H3,(H,17,18,20)/b19-12+. The second-order valence-electron chi connectivity index (χ2n) is 4.71. The number of pyridine rings is 1. The van der Waals surface area contributed by atoms with Gasteiger partial charge >= 0.3 is 0 Å². The van der Waals surface area contributed by atoms with Gasteiger partial charge in [0.2, 0.25) is 0 Å². The molecule has 3 aromatic rings. The smallest absolute Gasteiger partial charge is 0.185 e. The van der Waals surface area contributed by atoms with Crippen LogP contribution in [0.15, 0.2) is 58.8 Å². The largest absolute Gasteiger partial charge is 0.410 e. The summed E-state index contributed by atoms with van der Waals surface area (Å²) in [6.07, 6.45) is 1.66. The molecule has 0 aliphatic rings. The number of aromatic nitrogens is 3. The van der Waals surface area contributed by atoms with Gasteiger partial charge in [-0.1, -0.05) is 35.5 Å². The Morgan fingerprint density at radius 1 is 1.17 bits per heavy atom. The number of hydrogen-bond acceptors (Lipinski definition) is 6. The molecule has 0 radical (unpaired) electrons. The van der Waals surface area contributed by atoms with Crippen molar-refractivity contribution in [1.82, 2.24) is 20.2 Å². The van der Waals surface area contributed by atoms with E-state index in [2.05, 4.69) is 20.2 Å². The van der Waals surface area contributed by atoms with E-state index in [1.807, 2.05) is 17.6 Å². The van der Waals surface area contributed by atoms with E-state index < -0.39 is 0 Å². The van der Waals surface area contributed by atoms with Crippen LogP contribution in [-0.4, -0.2) is 36.7 Å². The topological polar surface area (TPSA) is 108 Å². The second kappa shape index (κ2) is 6.24. The van der Waals surface area contributed by atoms with Crippen LogP contribution >= 0.6 is 0 Å². The SMILES string of the molecule is Cn1nc(N=C(NO)/C(=N/O)c2ccccc2)c2cccnc21. The lowest BCUT2D eigenvalue weighted by atomic mass is 10.1. The van der Waals surface area contributed by atoms with Crippen molar-refractivity contribution < 1.29 is 10.4 Å². The first-order chi connectivity index (χ1) is 11.2. The number of rotatable bonds is 3. The summed E-state index contributed by atoms with van der Waals surface area (Å²) in [5.41, 5.74) is 3.31. The minimum atomic E-state index is -0.0254. The van der Waals surface area contributed by atoms with Gasteiger partial charge in [0.15, 0.2) is 23.0 Å². The minimum absolute atomic E-state index is 0.0254. The van der Waals surface area contributed by atoms with Gasteiger partial charge in [0.1, 0.15) is 0 Å². The summed E-state index contributed by atoms with van der Waals surface area (Å²) < 4.78 is 1.58. The maximum atomic E-state index is 9.41. The average Bonchev–Trinajstić information content (AvgIpc) is 2.92. The van der Waals surface area contributed by atoms with Crippen LogP contribution in [0.5, 0.6) is 0 Å². The number of amidine groups is 1. The summed E-state index contributed by atoms with van der Waals surface area (Å²) in [5, 5.41) is 26.9. The number of nitrogens with zero attached hydrogens (tertiary/aromatic N) is 5. The maximum Gasteiger partial charge on any atom is 0.185 e. The summed E-state index contributed by atoms with van der Waals surface area (Å²) >= 11 is 0. The Morgan fingerprint density at radius 2 is 1.96 bits per heavy atom. The third kappa shape index (κ3) is 2.74. The zero-order valence-corrected chi connectivity index (χ0v) is 12.2. The molecular formula is C15H14N6O2. The minimum Gasteiger partial charge on any atom is -0.410 e. The van der Waals surface area contributed by atoms with Gasteiger partial charge in [-0.25, -0.2) is 14.7 Å². The highest BCUT2D eigenvalue weighted by atomic mass is 16.5. The molecule has 23 heavy (non-hydrogen) atoms. The lowest BCUT2D eigenvalue weighted by Crippen LogP contribution is -2.29. The monoisotopic (exact) mass is 310 g/mol. The van der Waals surface area contributed by atoms with E-state index in [1.165, 1.54) is 0 Å². The zero-order chi connectivity index (χ0) is 16.2. The van der Waals surface area contributed by atoms with Gasteiger partial charge in [0, 0.05) is 18.8 Å². The molecule has 0 amide bonds. The van der Waals surface area contributed by atoms with E-state index in [0.717, 1.165) is 0 Å². The predicted octanol–water partition coefficient (Wildman–Crippen LogP) is 1.86. The highest BCUT2D eigenvalue weighted by molar-refractivity contribution is 6.47. The molecule has 3 rings (SSSR count).